The molecule has 0 aliphatic rings. The first kappa shape index (κ1) is 8.86. The molecule has 1 atom stereocenters. The summed E-state index contributed by atoms with van der Waals surface area (Å²) in [7, 11) is 0. The van der Waals surface area contributed by atoms with E-state index in [2.05, 4.69) is 0 Å². The molecule has 1 amide bonds. The van der Waals surface area contributed by atoms with Crippen LogP contribution in [-0.4, -0.2) is 33.2 Å². The summed E-state index contributed by atoms with van der Waals surface area (Å²) < 4.78 is 23.3. The molecule has 1 aromatic rings. The van der Waals surface area contributed by atoms with Crippen molar-refractivity contribution >= 4 is 11.9 Å². The van der Waals surface area contributed by atoms with Gasteiger partial charge in [0.05, 0.1) is 1.37 Å². The largest absolute Gasteiger partial charge is 0.504 e. The van der Waals surface area contributed by atoms with Crippen LogP contribution in [0.2, 0.25) is 0 Å². The zero-order valence-electron chi connectivity index (χ0n) is 11.9. The number of carboxylic acids is 1. The number of benzene rings is 1. The Bertz CT molecular complexity index is 563. The lowest BCUT2D eigenvalue weighted by molar-refractivity contribution is -0.141. The van der Waals surface area contributed by atoms with E-state index in [-0.39, 0.29) is 5.56 Å². The lowest BCUT2D eigenvalue weighted by Crippen LogP contribution is -2.41. The molecule has 0 aliphatic carbocycles. The van der Waals surface area contributed by atoms with E-state index < -0.39 is 35.8 Å². The first-order valence-electron chi connectivity index (χ1n) is 6.07. The SMILES string of the molecule is [2H]C(NC(C)=O)(C(=O)O)C([2H])([2H])c1ccc(O)c(O)c1. The maximum absolute atomic E-state index is 11.2. The highest BCUT2D eigenvalue weighted by atomic mass is 16.4. The van der Waals surface area contributed by atoms with Gasteiger partial charge in [0.1, 0.15) is 6.02 Å². The van der Waals surface area contributed by atoms with Gasteiger partial charge in [0.2, 0.25) is 5.91 Å². The third-order valence-electron chi connectivity index (χ3n) is 1.76. The Kier molecular flexibility index (Phi) is 2.71. The Morgan fingerprint density at radius 3 is 2.59 bits per heavy atom. The van der Waals surface area contributed by atoms with Gasteiger partial charge in [-0.25, -0.2) is 4.79 Å². The number of carbonyl (C=O) groups excluding carboxylic acids is 1. The van der Waals surface area contributed by atoms with Crippen molar-refractivity contribution in [3.05, 3.63) is 23.8 Å². The fourth-order valence-electron chi connectivity index (χ4n) is 1.06. The van der Waals surface area contributed by atoms with Crippen LogP contribution < -0.4 is 5.32 Å². The van der Waals surface area contributed by atoms with Gasteiger partial charge in [-0.3, -0.25) is 4.79 Å². The minimum atomic E-state index is -2.98. The maximum Gasteiger partial charge on any atom is 0.326 e. The smallest absolute Gasteiger partial charge is 0.326 e. The minimum Gasteiger partial charge on any atom is -0.504 e. The number of carboxylic acid groups (broad SMARTS) is 1. The number of phenolic OH excluding ortho intramolecular Hbond substituents is 2. The van der Waals surface area contributed by atoms with Crippen molar-refractivity contribution in [3.8, 4) is 11.5 Å². The number of hydrogen-bond donors (Lipinski definition) is 4. The Morgan fingerprint density at radius 1 is 1.47 bits per heavy atom. The van der Waals surface area contributed by atoms with Crippen LogP contribution in [0.3, 0.4) is 0 Å². The molecule has 0 aliphatic heterocycles. The molecule has 92 valence electrons. The predicted molar refractivity (Wildman–Crippen MR) is 58.7 cm³/mol. The van der Waals surface area contributed by atoms with E-state index in [1.807, 2.05) is 0 Å². The first-order valence-corrected chi connectivity index (χ1v) is 4.57. The number of carbonyl (C=O) groups is 2. The van der Waals surface area contributed by atoms with Gasteiger partial charge in [-0.15, -0.1) is 0 Å². The molecule has 0 radical (unpaired) electrons. The third-order valence-corrected chi connectivity index (χ3v) is 1.76. The second kappa shape index (κ2) is 5.20. The van der Waals surface area contributed by atoms with Crippen molar-refractivity contribution < 1.29 is 29.0 Å². The maximum atomic E-state index is 11.2. The summed E-state index contributed by atoms with van der Waals surface area (Å²) in [4.78, 5) is 22.2. The van der Waals surface area contributed by atoms with E-state index in [9.17, 15) is 14.7 Å². The Hall–Kier alpha value is -2.24. The van der Waals surface area contributed by atoms with Gasteiger partial charge in [-0.2, -0.15) is 0 Å². The van der Waals surface area contributed by atoms with E-state index in [4.69, 9.17) is 14.3 Å². The number of aromatic hydroxyl groups is 2. The van der Waals surface area contributed by atoms with E-state index in [0.717, 1.165) is 25.1 Å². The second-order valence-electron chi connectivity index (χ2n) is 3.19. The average Bonchev–Trinajstić information content (AvgIpc) is 2.31. The molecule has 1 rings (SSSR count). The zero-order valence-corrected chi connectivity index (χ0v) is 8.89. The third kappa shape index (κ3) is 3.67. The monoisotopic (exact) mass is 242 g/mol. The van der Waals surface area contributed by atoms with Crippen molar-refractivity contribution in [2.75, 3.05) is 0 Å². The van der Waals surface area contributed by atoms with Crippen molar-refractivity contribution in [2.24, 2.45) is 0 Å². The van der Waals surface area contributed by atoms with Crippen LogP contribution in [0.15, 0.2) is 18.2 Å². The Labute approximate surface area is 102 Å². The Balaban J connectivity index is 3.39. The quantitative estimate of drug-likeness (QED) is 0.565. The van der Waals surface area contributed by atoms with Gasteiger partial charge in [0, 0.05) is 16.0 Å². The summed E-state index contributed by atoms with van der Waals surface area (Å²) in [6, 6.07) is -0.215. The van der Waals surface area contributed by atoms with Crippen molar-refractivity contribution in [3.63, 3.8) is 0 Å². The minimum absolute atomic E-state index is 0.376. The Morgan fingerprint density at radius 2 is 2.12 bits per heavy atom. The summed E-state index contributed by atoms with van der Waals surface area (Å²) in [5.74, 6) is -3.98. The molecule has 0 saturated carbocycles. The summed E-state index contributed by atoms with van der Waals surface area (Å²) in [5, 5.41) is 29.3. The topological polar surface area (TPSA) is 107 Å². The molecular weight excluding hydrogens is 226 g/mol. The van der Waals surface area contributed by atoms with Crippen molar-refractivity contribution in [2.45, 2.75) is 19.3 Å². The van der Waals surface area contributed by atoms with Gasteiger partial charge < -0.3 is 20.6 Å². The molecule has 6 nitrogen and oxygen atoms in total. The molecule has 17 heavy (non-hydrogen) atoms. The van der Waals surface area contributed by atoms with Crippen LogP contribution in [0.5, 0.6) is 11.5 Å². The molecule has 1 aromatic carbocycles. The van der Waals surface area contributed by atoms with Crippen LogP contribution in [-0.2, 0) is 16.0 Å². The van der Waals surface area contributed by atoms with Gasteiger partial charge in [-0.1, -0.05) is 6.07 Å². The van der Waals surface area contributed by atoms with E-state index in [0.29, 0.717) is 0 Å². The normalized spacial score (nSPS) is 17.1. The molecule has 0 bridgehead atoms. The van der Waals surface area contributed by atoms with E-state index in [1.54, 1.807) is 5.32 Å². The highest BCUT2D eigenvalue weighted by molar-refractivity contribution is 5.82. The predicted octanol–water partition coefficient (Wildman–Crippen LogP) is 0.230. The van der Waals surface area contributed by atoms with Crippen LogP contribution in [0.1, 0.15) is 16.6 Å². The van der Waals surface area contributed by atoms with Gasteiger partial charge >= 0.3 is 5.97 Å². The molecule has 0 saturated heterocycles. The lowest BCUT2D eigenvalue weighted by Gasteiger charge is -2.13. The standard InChI is InChI=1S/C11H13NO5/c1-6(13)12-8(11(16)17)4-7-2-3-9(14)10(15)5-7/h2-3,5,8,14-15H,4H2,1H3,(H,12,13)(H,16,17)/i4D2,8D. The molecule has 0 heterocycles. The number of amides is 1. The second-order valence-corrected chi connectivity index (χ2v) is 3.19. The van der Waals surface area contributed by atoms with E-state index >= 15 is 0 Å². The number of hydrogen-bond acceptors (Lipinski definition) is 4. The summed E-state index contributed by atoms with van der Waals surface area (Å²) in [6.07, 6.45) is -2.85. The molecule has 0 spiro atoms. The fraction of sp³-hybridized carbons (Fsp3) is 0.273. The van der Waals surface area contributed by atoms with Gasteiger partial charge in [0.15, 0.2) is 11.5 Å². The van der Waals surface area contributed by atoms with Crippen LogP contribution >= 0.6 is 0 Å². The van der Waals surface area contributed by atoms with Gasteiger partial charge in [0.25, 0.3) is 0 Å². The number of rotatable bonds is 4. The van der Waals surface area contributed by atoms with Crippen LogP contribution in [0.25, 0.3) is 0 Å². The number of aliphatic carboxylic acids is 1. The zero-order chi connectivity index (χ0) is 15.7. The molecule has 0 aromatic heterocycles. The summed E-state index contributed by atoms with van der Waals surface area (Å²) in [6.45, 7) is 0.955. The average molecular weight is 242 g/mol. The molecule has 0 fully saturated rings. The molecule has 6 heteroatoms. The fourth-order valence-corrected chi connectivity index (χ4v) is 1.06. The lowest BCUT2D eigenvalue weighted by atomic mass is 10.1. The highest BCUT2D eigenvalue weighted by Crippen LogP contribution is 2.25. The number of phenols is 2. The summed E-state index contributed by atoms with van der Waals surface area (Å²) in [5.41, 5.74) is -0.376. The van der Waals surface area contributed by atoms with Crippen LogP contribution in [0.4, 0.5) is 0 Å². The number of nitrogens with one attached hydrogen (secondary N) is 1. The van der Waals surface area contributed by atoms with Gasteiger partial charge in [-0.05, 0) is 17.7 Å². The molecule has 1 unspecified atom stereocenters. The van der Waals surface area contributed by atoms with E-state index in [1.165, 1.54) is 0 Å². The van der Waals surface area contributed by atoms with Crippen molar-refractivity contribution in [1.82, 2.24) is 5.32 Å². The van der Waals surface area contributed by atoms with Crippen molar-refractivity contribution in [1.29, 1.82) is 0 Å². The van der Waals surface area contributed by atoms with Crippen LogP contribution in [0, 0.1) is 0 Å². The molecular formula is C11H13NO5. The molecule has 4 N–H and O–H groups in total. The first-order chi connectivity index (χ1) is 9.02. The summed E-state index contributed by atoms with van der Waals surface area (Å²) >= 11 is 0. The highest BCUT2D eigenvalue weighted by Gasteiger charge is 2.19.